The molecule has 3 N–H and O–H groups in total. The highest BCUT2D eigenvalue weighted by molar-refractivity contribution is 5.92. The number of nitrogens with one attached hydrogen (secondary N) is 1. The van der Waals surface area contributed by atoms with Gasteiger partial charge >= 0.3 is 0 Å². The second-order valence-electron chi connectivity index (χ2n) is 12.3. The van der Waals surface area contributed by atoms with Crippen LogP contribution in [0.1, 0.15) is 61.0 Å². The Morgan fingerprint density at radius 3 is 2.39 bits per heavy atom. The van der Waals surface area contributed by atoms with Gasteiger partial charge in [0.05, 0.1) is 23.5 Å². The number of halogens is 2. The Morgan fingerprint density at radius 2 is 1.68 bits per heavy atom. The Morgan fingerprint density at radius 1 is 0.947 bits per heavy atom. The van der Waals surface area contributed by atoms with Gasteiger partial charge in [-0.15, -0.1) is 0 Å². The van der Waals surface area contributed by atoms with Crippen LogP contribution in [0, 0.1) is 34.8 Å². The molecular formula is C31H32F2N4O. The van der Waals surface area contributed by atoms with E-state index in [9.17, 15) is 13.6 Å². The SMILES string of the molecule is Nc1ccc2c(c1)CCc1nc(NC(=O)Cc3ccc(F)c(F)c3)c(CC34CC5CC(CC(C5)C3)C4)nc1-2. The molecule has 1 amide bonds. The Hall–Kier alpha value is -3.35. The van der Waals surface area contributed by atoms with E-state index < -0.39 is 11.6 Å². The second kappa shape index (κ2) is 8.85. The average molecular weight is 515 g/mol. The summed E-state index contributed by atoms with van der Waals surface area (Å²) in [4.78, 5) is 23.3. The monoisotopic (exact) mass is 514 g/mol. The summed E-state index contributed by atoms with van der Waals surface area (Å²) in [6.07, 6.45) is 10.1. The molecular weight excluding hydrogens is 482 g/mol. The Balaban J connectivity index is 1.24. The van der Waals surface area contributed by atoms with Gasteiger partial charge in [0.1, 0.15) is 0 Å². The third-order valence-electron chi connectivity index (χ3n) is 9.37. The number of fused-ring (bicyclic) bond motifs is 3. The fraction of sp³-hybridized carbons (Fsp3) is 0.452. The molecule has 4 fully saturated rings. The van der Waals surface area contributed by atoms with Crippen LogP contribution in [-0.2, 0) is 30.5 Å². The molecule has 0 aliphatic heterocycles. The molecule has 4 bridgehead atoms. The van der Waals surface area contributed by atoms with Crippen molar-refractivity contribution in [2.24, 2.45) is 23.2 Å². The van der Waals surface area contributed by atoms with E-state index in [4.69, 9.17) is 15.7 Å². The molecule has 38 heavy (non-hydrogen) atoms. The zero-order valence-electron chi connectivity index (χ0n) is 21.4. The van der Waals surface area contributed by atoms with E-state index in [1.165, 1.54) is 50.2 Å². The number of aromatic nitrogens is 2. The smallest absolute Gasteiger partial charge is 0.229 e. The summed E-state index contributed by atoms with van der Waals surface area (Å²) in [6, 6.07) is 9.54. The lowest BCUT2D eigenvalue weighted by Gasteiger charge is -2.57. The minimum atomic E-state index is -0.953. The number of amides is 1. The van der Waals surface area contributed by atoms with Gasteiger partial charge in [-0.1, -0.05) is 12.1 Å². The molecule has 0 atom stereocenters. The van der Waals surface area contributed by atoms with Gasteiger partial charge in [-0.3, -0.25) is 4.79 Å². The van der Waals surface area contributed by atoms with Crippen LogP contribution < -0.4 is 11.1 Å². The number of benzene rings is 2. The Bertz CT molecular complexity index is 1420. The maximum Gasteiger partial charge on any atom is 0.229 e. The highest BCUT2D eigenvalue weighted by Gasteiger charge is 2.51. The van der Waals surface area contributed by atoms with Crippen molar-refractivity contribution in [1.82, 2.24) is 9.97 Å². The van der Waals surface area contributed by atoms with Crippen LogP contribution in [-0.4, -0.2) is 15.9 Å². The molecule has 4 saturated carbocycles. The molecule has 5 aliphatic rings. The zero-order valence-corrected chi connectivity index (χ0v) is 21.4. The third-order valence-corrected chi connectivity index (χ3v) is 9.37. The van der Waals surface area contributed by atoms with Gasteiger partial charge in [0.25, 0.3) is 0 Å². The first-order chi connectivity index (χ1) is 18.3. The molecule has 0 spiro atoms. The van der Waals surface area contributed by atoms with E-state index in [1.807, 2.05) is 18.2 Å². The lowest BCUT2D eigenvalue weighted by Crippen LogP contribution is -2.47. The lowest BCUT2D eigenvalue weighted by molar-refractivity contribution is -0.115. The third kappa shape index (κ3) is 4.26. The van der Waals surface area contributed by atoms with Crippen molar-refractivity contribution in [3.63, 3.8) is 0 Å². The van der Waals surface area contributed by atoms with Crippen LogP contribution in [0.2, 0.25) is 0 Å². The van der Waals surface area contributed by atoms with Crippen molar-refractivity contribution in [3.8, 4) is 11.3 Å². The summed E-state index contributed by atoms with van der Waals surface area (Å²) >= 11 is 0. The van der Waals surface area contributed by atoms with E-state index in [0.717, 1.165) is 77.5 Å². The number of hydrogen-bond acceptors (Lipinski definition) is 4. The molecule has 0 unspecified atom stereocenters. The molecule has 8 rings (SSSR count). The molecule has 1 heterocycles. The van der Waals surface area contributed by atoms with Crippen molar-refractivity contribution < 1.29 is 13.6 Å². The van der Waals surface area contributed by atoms with Gasteiger partial charge < -0.3 is 11.1 Å². The number of nitrogens with zero attached hydrogens (tertiary/aromatic N) is 2. The first-order valence-electron chi connectivity index (χ1n) is 13.8. The van der Waals surface area contributed by atoms with Crippen LogP contribution in [0.5, 0.6) is 0 Å². The standard InChI is InChI=1S/C31H32F2N4O/c32-24-5-1-17(10-25(24)33)11-28(38)37-30-27(16-31-13-18-7-19(14-31)9-20(8-18)15-31)35-29-23-4-3-22(34)12-21(23)2-6-26(29)36-30/h1,3-5,10,12,18-20H,2,6-9,11,13-16,34H2,(H,36,37,38). The minimum Gasteiger partial charge on any atom is -0.399 e. The molecule has 3 aromatic rings. The van der Waals surface area contributed by atoms with Crippen LogP contribution >= 0.6 is 0 Å². The van der Waals surface area contributed by atoms with Gasteiger partial charge in [-0.05, 0) is 116 Å². The van der Waals surface area contributed by atoms with Gasteiger partial charge in [0.2, 0.25) is 5.91 Å². The van der Waals surface area contributed by atoms with Crippen molar-refractivity contribution in [2.45, 2.75) is 64.2 Å². The Kier molecular flexibility index (Phi) is 5.53. The van der Waals surface area contributed by atoms with Crippen LogP contribution in [0.15, 0.2) is 36.4 Å². The minimum absolute atomic E-state index is 0.0606. The van der Waals surface area contributed by atoms with Gasteiger partial charge in [0, 0.05) is 11.3 Å². The van der Waals surface area contributed by atoms with Crippen molar-refractivity contribution in [2.75, 3.05) is 11.1 Å². The Labute approximate surface area is 221 Å². The summed E-state index contributed by atoms with van der Waals surface area (Å²) in [5.41, 5.74) is 12.3. The summed E-state index contributed by atoms with van der Waals surface area (Å²) in [5.74, 6) is 0.762. The van der Waals surface area contributed by atoms with E-state index in [0.29, 0.717) is 11.4 Å². The van der Waals surface area contributed by atoms with E-state index in [2.05, 4.69) is 5.32 Å². The number of rotatable bonds is 5. The van der Waals surface area contributed by atoms with E-state index >= 15 is 0 Å². The number of anilines is 2. The number of carbonyl (C=O) groups is 1. The summed E-state index contributed by atoms with van der Waals surface area (Å²) in [7, 11) is 0. The molecule has 5 nitrogen and oxygen atoms in total. The van der Waals surface area contributed by atoms with Crippen molar-refractivity contribution in [3.05, 3.63) is 70.5 Å². The number of nitrogen functional groups attached to an aromatic ring is 1. The summed E-state index contributed by atoms with van der Waals surface area (Å²) < 4.78 is 27.1. The predicted molar refractivity (Wildman–Crippen MR) is 142 cm³/mol. The molecule has 2 aromatic carbocycles. The van der Waals surface area contributed by atoms with Crippen molar-refractivity contribution in [1.29, 1.82) is 0 Å². The summed E-state index contributed by atoms with van der Waals surface area (Å²) in [5, 5.41) is 3.01. The van der Waals surface area contributed by atoms with E-state index in [-0.39, 0.29) is 17.7 Å². The van der Waals surface area contributed by atoms with Crippen molar-refractivity contribution >= 4 is 17.4 Å². The molecule has 196 valence electrons. The fourth-order valence-electron chi connectivity index (χ4n) is 8.30. The maximum absolute atomic E-state index is 13.7. The van der Waals surface area contributed by atoms with Gasteiger partial charge in [0.15, 0.2) is 17.5 Å². The highest BCUT2D eigenvalue weighted by atomic mass is 19.2. The van der Waals surface area contributed by atoms with Gasteiger partial charge in [-0.2, -0.15) is 0 Å². The first-order valence-corrected chi connectivity index (χ1v) is 13.8. The number of hydrogen-bond donors (Lipinski definition) is 2. The van der Waals surface area contributed by atoms with Crippen LogP contribution in [0.4, 0.5) is 20.3 Å². The second-order valence-corrected chi connectivity index (χ2v) is 12.3. The number of carbonyl (C=O) groups excluding carboxylic acids is 1. The first kappa shape index (κ1) is 23.7. The predicted octanol–water partition coefficient (Wildman–Crippen LogP) is 6.04. The zero-order chi connectivity index (χ0) is 26.0. The normalized spacial score (nSPS) is 26.6. The topological polar surface area (TPSA) is 80.9 Å². The number of aryl methyl sites for hydroxylation is 2. The molecule has 7 heteroatoms. The van der Waals surface area contributed by atoms with Crippen LogP contribution in [0.25, 0.3) is 11.3 Å². The summed E-state index contributed by atoms with van der Waals surface area (Å²) in [6.45, 7) is 0. The average Bonchev–Trinajstić information content (AvgIpc) is 2.85. The fourth-order valence-corrected chi connectivity index (χ4v) is 8.30. The van der Waals surface area contributed by atoms with E-state index in [1.54, 1.807) is 0 Å². The highest BCUT2D eigenvalue weighted by Crippen LogP contribution is 2.61. The molecule has 1 aromatic heterocycles. The quantitative estimate of drug-likeness (QED) is 0.407. The molecule has 5 aliphatic carbocycles. The number of nitrogens with two attached hydrogens (primary N) is 1. The molecule has 0 radical (unpaired) electrons. The lowest BCUT2D eigenvalue weighted by atomic mass is 9.48. The van der Waals surface area contributed by atoms with Gasteiger partial charge in [-0.25, -0.2) is 18.7 Å². The largest absolute Gasteiger partial charge is 0.399 e. The van der Waals surface area contributed by atoms with Crippen LogP contribution in [0.3, 0.4) is 0 Å². The maximum atomic E-state index is 13.7. The molecule has 0 saturated heterocycles.